The number of nitrogens with one attached hydrogen (secondary N) is 2. The van der Waals surface area contributed by atoms with Crippen LogP contribution in [0.25, 0.3) is 0 Å². The normalized spacial score (nSPS) is 14.4. The molecule has 3 rings (SSSR count). The number of aliphatic imine (C=N–C) groups is 1. The number of morpholine rings is 1. The third-order valence-electron chi connectivity index (χ3n) is 4.58. The summed E-state index contributed by atoms with van der Waals surface area (Å²) >= 11 is 0. The molecule has 1 aliphatic rings. The molecule has 0 spiro atoms. The van der Waals surface area contributed by atoms with Crippen LogP contribution in [-0.2, 0) is 22.6 Å². The van der Waals surface area contributed by atoms with E-state index in [2.05, 4.69) is 44.8 Å². The number of anilines is 1. The number of nitrogens with zero attached hydrogens (tertiary/aromatic N) is 2. The van der Waals surface area contributed by atoms with Crippen LogP contribution in [0.15, 0.2) is 52.1 Å². The standard InChI is InChI=1S/C21H30N4O3.HI/c1-22-21(23-9-3-12-27-17-20-4-2-13-28-20)24-16-18-5-7-19(8-6-18)25-10-14-26-15-11-25;/h2,4-8,13H,3,9-12,14-17H2,1H3,(H2,22,23,24);1H. The van der Waals surface area contributed by atoms with Crippen molar-refractivity contribution in [1.82, 2.24) is 10.6 Å². The molecule has 0 saturated carbocycles. The number of guanidine groups is 1. The summed E-state index contributed by atoms with van der Waals surface area (Å²) < 4.78 is 16.2. The maximum absolute atomic E-state index is 5.58. The van der Waals surface area contributed by atoms with Gasteiger partial charge in [0.1, 0.15) is 12.4 Å². The van der Waals surface area contributed by atoms with Crippen molar-refractivity contribution in [3.05, 3.63) is 54.0 Å². The van der Waals surface area contributed by atoms with Crippen LogP contribution in [-0.4, -0.2) is 52.5 Å². The molecule has 1 saturated heterocycles. The number of rotatable bonds is 9. The fourth-order valence-electron chi connectivity index (χ4n) is 3.00. The highest BCUT2D eigenvalue weighted by Gasteiger charge is 2.10. The topological polar surface area (TPSA) is 71.3 Å². The Hall–Kier alpha value is -1.78. The second kappa shape index (κ2) is 13.4. The fourth-order valence-corrected chi connectivity index (χ4v) is 3.00. The number of hydrogen-bond acceptors (Lipinski definition) is 5. The van der Waals surface area contributed by atoms with Crippen molar-refractivity contribution in [2.24, 2.45) is 4.99 Å². The molecule has 2 heterocycles. The molecule has 1 aromatic carbocycles. The number of ether oxygens (including phenoxy) is 2. The molecule has 0 bridgehead atoms. The maximum Gasteiger partial charge on any atom is 0.191 e. The second-order valence-corrected chi connectivity index (χ2v) is 6.60. The van der Waals surface area contributed by atoms with E-state index in [4.69, 9.17) is 13.9 Å². The number of furan rings is 1. The Kier molecular flexibility index (Phi) is 10.9. The summed E-state index contributed by atoms with van der Waals surface area (Å²) in [5.74, 6) is 1.65. The summed E-state index contributed by atoms with van der Waals surface area (Å²) in [6.45, 7) is 6.25. The molecule has 1 aliphatic heterocycles. The van der Waals surface area contributed by atoms with Crippen molar-refractivity contribution in [3.63, 3.8) is 0 Å². The first-order valence-corrected chi connectivity index (χ1v) is 9.81. The van der Waals surface area contributed by atoms with Crippen LogP contribution in [0.3, 0.4) is 0 Å². The third kappa shape index (κ3) is 8.23. The second-order valence-electron chi connectivity index (χ2n) is 6.60. The van der Waals surface area contributed by atoms with Crippen LogP contribution in [0, 0.1) is 0 Å². The van der Waals surface area contributed by atoms with Gasteiger partial charge in [0.25, 0.3) is 0 Å². The smallest absolute Gasteiger partial charge is 0.191 e. The summed E-state index contributed by atoms with van der Waals surface area (Å²) in [6.07, 6.45) is 2.56. The highest BCUT2D eigenvalue weighted by atomic mass is 127. The molecule has 29 heavy (non-hydrogen) atoms. The van der Waals surface area contributed by atoms with Gasteiger partial charge in [0, 0.05) is 45.5 Å². The molecule has 0 radical (unpaired) electrons. The molecule has 2 N–H and O–H groups in total. The van der Waals surface area contributed by atoms with E-state index in [1.54, 1.807) is 13.3 Å². The first-order chi connectivity index (χ1) is 13.8. The van der Waals surface area contributed by atoms with Crippen LogP contribution in [0.4, 0.5) is 5.69 Å². The average Bonchev–Trinajstić information content (AvgIpc) is 3.27. The maximum atomic E-state index is 5.58. The van der Waals surface area contributed by atoms with Gasteiger partial charge in [-0.3, -0.25) is 4.99 Å². The minimum atomic E-state index is 0. The van der Waals surface area contributed by atoms with Crippen LogP contribution >= 0.6 is 24.0 Å². The predicted octanol–water partition coefficient (Wildman–Crippen LogP) is 3.01. The lowest BCUT2D eigenvalue weighted by Crippen LogP contribution is -2.37. The first kappa shape index (κ1) is 23.5. The van der Waals surface area contributed by atoms with Crippen molar-refractivity contribution in [2.75, 3.05) is 51.4 Å². The highest BCUT2D eigenvalue weighted by molar-refractivity contribution is 14.0. The lowest BCUT2D eigenvalue weighted by atomic mass is 10.2. The van der Waals surface area contributed by atoms with Crippen molar-refractivity contribution < 1.29 is 13.9 Å². The van der Waals surface area contributed by atoms with E-state index >= 15 is 0 Å². The van der Waals surface area contributed by atoms with Gasteiger partial charge in [-0.15, -0.1) is 24.0 Å². The molecule has 160 valence electrons. The molecule has 8 heteroatoms. The van der Waals surface area contributed by atoms with Gasteiger partial charge in [-0.1, -0.05) is 12.1 Å². The predicted molar refractivity (Wildman–Crippen MR) is 126 cm³/mol. The van der Waals surface area contributed by atoms with Crippen molar-refractivity contribution >= 4 is 35.6 Å². The molecular formula is C21H31IN4O3. The molecular weight excluding hydrogens is 483 g/mol. The van der Waals surface area contributed by atoms with Gasteiger partial charge < -0.3 is 29.4 Å². The van der Waals surface area contributed by atoms with E-state index in [0.29, 0.717) is 13.2 Å². The summed E-state index contributed by atoms with van der Waals surface area (Å²) in [6, 6.07) is 12.5. The zero-order valence-electron chi connectivity index (χ0n) is 16.9. The highest BCUT2D eigenvalue weighted by Crippen LogP contribution is 2.16. The molecule has 0 atom stereocenters. The molecule has 0 amide bonds. The number of benzene rings is 1. The van der Waals surface area contributed by atoms with Gasteiger partial charge in [0.05, 0.1) is 19.5 Å². The van der Waals surface area contributed by atoms with Gasteiger partial charge in [-0.2, -0.15) is 0 Å². The third-order valence-corrected chi connectivity index (χ3v) is 4.58. The summed E-state index contributed by atoms with van der Waals surface area (Å²) in [7, 11) is 1.78. The van der Waals surface area contributed by atoms with Gasteiger partial charge in [0.15, 0.2) is 5.96 Å². The van der Waals surface area contributed by atoms with E-state index in [1.807, 2.05) is 12.1 Å². The Bertz CT molecular complexity index is 701. The van der Waals surface area contributed by atoms with Gasteiger partial charge in [-0.05, 0) is 36.2 Å². The van der Waals surface area contributed by atoms with E-state index in [0.717, 1.165) is 57.5 Å². The average molecular weight is 514 g/mol. The van der Waals surface area contributed by atoms with Gasteiger partial charge in [0.2, 0.25) is 0 Å². The number of halogens is 1. The van der Waals surface area contributed by atoms with Crippen molar-refractivity contribution in [2.45, 2.75) is 19.6 Å². The van der Waals surface area contributed by atoms with Crippen molar-refractivity contribution in [3.8, 4) is 0 Å². The van der Waals surface area contributed by atoms with Crippen LogP contribution in [0.5, 0.6) is 0 Å². The number of hydrogen-bond donors (Lipinski definition) is 2. The SMILES string of the molecule is CN=C(NCCCOCc1ccco1)NCc1ccc(N2CCOCC2)cc1.I. The lowest BCUT2D eigenvalue weighted by molar-refractivity contribution is 0.105. The molecule has 1 aromatic heterocycles. The van der Waals surface area contributed by atoms with Crippen LogP contribution < -0.4 is 15.5 Å². The fraction of sp³-hybridized carbons (Fsp3) is 0.476. The van der Waals surface area contributed by atoms with Crippen LogP contribution in [0.2, 0.25) is 0 Å². The largest absolute Gasteiger partial charge is 0.467 e. The van der Waals surface area contributed by atoms with E-state index in [-0.39, 0.29) is 24.0 Å². The van der Waals surface area contributed by atoms with E-state index < -0.39 is 0 Å². The molecule has 1 fully saturated rings. The van der Waals surface area contributed by atoms with Crippen molar-refractivity contribution in [1.29, 1.82) is 0 Å². The zero-order chi connectivity index (χ0) is 19.4. The van der Waals surface area contributed by atoms with E-state index in [9.17, 15) is 0 Å². The summed E-state index contributed by atoms with van der Waals surface area (Å²) in [5.41, 5.74) is 2.48. The molecule has 0 aliphatic carbocycles. The minimum Gasteiger partial charge on any atom is -0.467 e. The van der Waals surface area contributed by atoms with Gasteiger partial charge in [-0.25, -0.2) is 0 Å². The Morgan fingerprint density at radius 3 is 2.62 bits per heavy atom. The van der Waals surface area contributed by atoms with Crippen LogP contribution in [0.1, 0.15) is 17.7 Å². The quantitative estimate of drug-likeness (QED) is 0.232. The Balaban J connectivity index is 0.00000300. The molecule has 0 unspecified atom stereocenters. The molecule has 2 aromatic rings. The minimum absolute atomic E-state index is 0. The first-order valence-electron chi connectivity index (χ1n) is 9.81. The Labute approximate surface area is 189 Å². The lowest BCUT2D eigenvalue weighted by Gasteiger charge is -2.28. The molecule has 7 nitrogen and oxygen atoms in total. The zero-order valence-corrected chi connectivity index (χ0v) is 19.3. The van der Waals surface area contributed by atoms with E-state index in [1.165, 1.54) is 11.3 Å². The Morgan fingerprint density at radius 2 is 1.93 bits per heavy atom. The monoisotopic (exact) mass is 514 g/mol. The Morgan fingerprint density at radius 1 is 1.14 bits per heavy atom. The summed E-state index contributed by atoms with van der Waals surface area (Å²) in [5, 5.41) is 6.66. The van der Waals surface area contributed by atoms with Gasteiger partial charge >= 0.3 is 0 Å². The summed E-state index contributed by atoms with van der Waals surface area (Å²) in [4.78, 5) is 6.63.